The van der Waals surface area contributed by atoms with Crippen molar-refractivity contribution in [2.75, 3.05) is 18.6 Å². The fourth-order valence-corrected chi connectivity index (χ4v) is 4.95. The van der Waals surface area contributed by atoms with E-state index in [0.717, 1.165) is 31.2 Å². The lowest BCUT2D eigenvalue weighted by Crippen LogP contribution is -2.29. The molecule has 1 aliphatic heterocycles. The third kappa shape index (κ3) is 4.64. The van der Waals surface area contributed by atoms with Gasteiger partial charge in [0.15, 0.2) is 16.9 Å². The molecule has 0 saturated heterocycles. The van der Waals surface area contributed by atoms with Gasteiger partial charge in [-0.1, -0.05) is 43.9 Å². The highest BCUT2D eigenvalue weighted by molar-refractivity contribution is 6.10. The van der Waals surface area contributed by atoms with Gasteiger partial charge in [-0.2, -0.15) is 0 Å². The van der Waals surface area contributed by atoms with Gasteiger partial charge < -0.3 is 13.9 Å². The summed E-state index contributed by atoms with van der Waals surface area (Å²) in [5.74, 6) is 0.181. The fraction of sp³-hybridized carbons (Fsp3) is 0.290. The van der Waals surface area contributed by atoms with Crippen LogP contribution in [0.15, 0.2) is 69.9 Å². The highest BCUT2D eigenvalue weighted by Gasteiger charge is 2.44. The maximum absolute atomic E-state index is 13.8. The number of benzene rings is 3. The molecule has 0 fully saturated rings. The van der Waals surface area contributed by atoms with Crippen LogP contribution in [0.3, 0.4) is 0 Å². The molecule has 1 unspecified atom stereocenters. The number of anilines is 1. The molecule has 1 amide bonds. The van der Waals surface area contributed by atoms with Crippen molar-refractivity contribution in [2.45, 2.75) is 45.6 Å². The van der Waals surface area contributed by atoms with Gasteiger partial charge in [0.2, 0.25) is 5.76 Å². The van der Waals surface area contributed by atoms with E-state index in [1.54, 1.807) is 31.4 Å². The number of halogens is 1. The van der Waals surface area contributed by atoms with Crippen molar-refractivity contribution < 1.29 is 23.1 Å². The van der Waals surface area contributed by atoms with E-state index in [4.69, 9.17) is 13.9 Å². The zero-order valence-electron chi connectivity index (χ0n) is 21.8. The molecule has 3 aromatic carbocycles. The molecule has 38 heavy (non-hydrogen) atoms. The number of nitrogens with zero attached hydrogens (tertiary/aromatic N) is 1. The number of ether oxygens (including phenoxy) is 2. The predicted molar refractivity (Wildman–Crippen MR) is 145 cm³/mol. The zero-order chi connectivity index (χ0) is 26.8. The quantitative estimate of drug-likeness (QED) is 0.226. The Labute approximate surface area is 220 Å². The van der Waals surface area contributed by atoms with Gasteiger partial charge in [-0.3, -0.25) is 14.5 Å². The Bertz CT molecular complexity index is 1540. The Balaban J connectivity index is 1.63. The topological polar surface area (TPSA) is 69.0 Å². The van der Waals surface area contributed by atoms with Crippen molar-refractivity contribution in [1.29, 1.82) is 0 Å². The first-order chi connectivity index (χ1) is 18.4. The normalized spacial score (nSPS) is 14.7. The number of hydrogen-bond donors (Lipinski definition) is 0. The average molecular weight is 516 g/mol. The van der Waals surface area contributed by atoms with Crippen LogP contribution in [-0.4, -0.2) is 19.6 Å². The number of amides is 1. The highest BCUT2D eigenvalue weighted by Crippen LogP contribution is 2.43. The van der Waals surface area contributed by atoms with E-state index in [1.165, 1.54) is 29.2 Å². The number of aryl methyl sites for hydroxylation is 1. The second kappa shape index (κ2) is 10.7. The molecule has 0 saturated carbocycles. The SMILES string of the molecule is CCCCCCOc1ccc(C2c3c(oc4ccc(C)cc4c3=O)C(=O)N2c2ccc(F)cc2)cc1OC. The lowest BCUT2D eigenvalue weighted by Gasteiger charge is -2.26. The largest absolute Gasteiger partial charge is 0.493 e. The molecule has 5 rings (SSSR count). The number of unbranched alkanes of at least 4 members (excludes halogenated alkanes) is 3. The van der Waals surface area contributed by atoms with Crippen LogP contribution in [0.4, 0.5) is 10.1 Å². The third-order valence-corrected chi connectivity index (χ3v) is 6.89. The van der Waals surface area contributed by atoms with E-state index in [-0.39, 0.29) is 16.8 Å². The minimum Gasteiger partial charge on any atom is -0.493 e. The standard InChI is InChI=1S/C31H30FNO5/c1-4-5-6-7-16-37-25-15-9-20(18-26(25)36-3)28-27-29(34)23-17-19(2)8-14-24(23)38-30(27)31(35)33(28)22-12-10-21(32)11-13-22/h8-15,17-18,28H,4-7,16H2,1-3H3. The fourth-order valence-electron chi connectivity index (χ4n) is 4.95. The van der Waals surface area contributed by atoms with Crippen molar-refractivity contribution >= 4 is 22.6 Å². The summed E-state index contributed by atoms with van der Waals surface area (Å²) in [6.07, 6.45) is 4.33. The first-order valence-corrected chi connectivity index (χ1v) is 12.9. The minimum absolute atomic E-state index is 0.0177. The summed E-state index contributed by atoms with van der Waals surface area (Å²) >= 11 is 0. The van der Waals surface area contributed by atoms with Crippen molar-refractivity contribution in [2.24, 2.45) is 0 Å². The predicted octanol–water partition coefficient (Wildman–Crippen LogP) is 6.96. The van der Waals surface area contributed by atoms with Crippen LogP contribution in [0.25, 0.3) is 11.0 Å². The summed E-state index contributed by atoms with van der Waals surface area (Å²) in [4.78, 5) is 29.0. The Hall–Kier alpha value is -4.13. The van der Waals surface area contributed by atoms with Crippen molar-refractivity contribution in [3.05, 3.63) is 99.2 Å². The molecule has 196 valence electrons. The molecule has 1 atom stereocenters. The van der Waals surface area contributed by atoms with Gasteiger partial charge in [0.1, 0.15) is 11.4 Å². The molecule has 4 aromatic rings. The molecule has 6 nitrogen and oxygen atoms in total. The number of hydrogen-bond acceptors (Lipinski definition) is 5. The highest BCUT2D eigenvalue weighted by atomic mass is 19.1. The summed E-state index contributed by atoms with van der Waals surface area (Å²) in [6, 6.07) is 15.5. The zero-order valence-corrected chi connectivity index (χ0v) is 21.8. The van der Waals surface area contributed by atoms with Crippen LogP contribution in [0.2, 0.25) is 0 Å². The Morgan fingerprint density at radius 2 is 1.74 bits per heavy atom. The van der Waals surface area contributed by atoms with Gasteiger partial charge >= 0.3 is 0 Å². The van der Waals surface area contributed by atoms with Crippen LogP contribution in [0.5, 0.6) is 11.5 Å². The maximum Gasteiger partial charge on any atom is 0.295 e. The van der Waals surface area contributed by atoms with E-state index < -0.39 is 17.8 Å². The Morgan fingerprint density at radius 3 is 2.47 bits per heavy atom. The molecule has 1 aliphatic rings. The molecular formula is C31H30FNO5. The van der Waals surface area contributed by atoms with Crippen molar-refractivity contribution in [1.82, 2.24) is 0 Å². The van der Waals surface area contributed by atoms with E-state index in [9.17, 15) is 14.0 Å². The van der Waals surface area contributed by atoms with Crippen LogP contribution >= 0.6 is 0 Å². The van der Waals surface area contributed by atoms with E-state index in [2.05, 4.69) is 6.92 Å². The first-order valence-electron chi connectivity index (χ1n) is 12.9. The number of rotatable bonds is 9. The summed E-state index contributed by atoms with van der Waals surface area (Å²) in [5.41, 5.74) is 2.31. The first kappa shape index (κ1) is 25.5. The van der Waals surface area contributed by atoms with Crippen LogP contribution in [-0.2, 0) is 0 Å². The smallest absolute Gasteiger partial charge is 0.295 e. The minimum atomic E-state index is -0.795. The van der Waals surface area contributed by atoms with E-state index in [0.29, 0.717) is 40.3 Å². The number of fused-ring (bicyclic) bond motifs is 2. The van der Waals surface area contributed by atoms with Gasteiger partial charge in [0.05, 0.1) is 30.7 Å². The van der Waals surface area contributed by atoms with Gasteiger partial charge in [0, 0.05) is 5.69 Å². The summed E-state index contributed by atoms with van der Waals surface area (Å²) in [5, 5.41) is 0.404. The lowest BCUT2D eigenvalue weighted by atomic mass is 9.97. The summed E-state index contributed by atoms with van der Waals surface area (Å²) < 4.78 is 31.4. The molecule has 0 N–H and O–H groups in total. The average Bonchev–Trinajstić information content (AvgIpc) is 3.22. The van der Waals surface area contributed by atoms with Gasteiger partial charge in [-0.25, -0.2) is 4.39 Å². The molecule has 1 aromatic heterocycles. The second-order valence-corrected chi connectivity index (χ2v) is 9.55. The maximum atomic E-state index is 13.8. The van der Waals surface area contributed by atoms with Crippen molar-refractivity contribution in [3.63, 3.8) is 0 Å². The lowest BCUT2D eigenvalue weighted by molar-refractivity contribution is 0.0971. The van der Waals surface area contributed by atoms with Crippen LogP contribution in [0, 0.1) is 12.7 Å². The Morgan fingerprint density at radius 1 is 0.947 bits per heavy atom. The third-order valence-electron chi connectivity index (χ3n) is 6.89. The van der Waals surface area contributed by atoms with Gasteiger partial charge in [-0.05, 0) is 67.4 Å². The molecule has 0 bridgehead atoms. The molecule has 2 heterocycles. The van der Waals surface area contributed by atoms with E-state index >= 15 is 0 Å². The van der Waals surface area contributed by atoms with Gasteiger partial charge in [0.25, 0.3) is 5.91 Å². The Kier molecular flexibility index (Phi) is 7.18. The molecule has 0 radical (unpaired) electrons. The van der Waals surface area contributed by atoms with Crippen molar-refractivity contribution in [3.8, 4) is 11.5 Å². The molecule has 0 spiro atoms. The summed E-state index contributed by atoms with van der Waals surface area (Å²) in [6.45, 7) is 4.62. The second-order valence-electron chi connectivity index (χ2n) is 9.55. The van der Waals surface area contributed by atoms with Gasteiger partial charge in [-0.15, -0.1) is 0 Å². The molecule has 0 aliphatic carbocycles. The number of carbonyl (C=O) groups is 1. The molecule has 7 heteroatoms. The number of methoxy groups -OCH3 is 1. The van der Waals surface area contributed by atoms with E-state index in [1.807, 2.05) is 19.1 Å². The number of carbonyl (C=O) groups excluding carboxylic acids is 1. The summed E-state index contributed by atoms with van der Waals surface area (Å²) in [7, 11) is 1.55. The molecular weight excluding hydrogens is 485 g/mol. The van der Waals surface area contributed by atoms with Crippen LogP contribution < -0.4 is 19.8 Å². The van der Waals surface area contributed by atoms with Crippen LogP contribution in [0.1, 0.15) is 65.9 Å². The monoisotopic (exact) mass is 515 g/mol.